The molecule has 1 amide bonds. The zero-order valence-corrected chi connectivity index (χ0v) is 19.2. The maximum Gasteiger partial charge on any atom is 0.325 e. The molecular weight excluding hydrogens is 446 g/mol. The van der Waals surface area contributed by atoms with Crippen molar-refractivity contribution in [2.24, 2.45) is 0 Å². The number of methoxy groups -OCH3 is 3. The maximum atomic E-state index is 12.5. The fourth-order valence-electron chi connectivity index (χ4n) is 3.02. The predicted octanol–water partition coefficient (Wildman–Crippen LogP) is 2.63. The van der Waals surface area contributed by atoms with E-state index in [0.29, 0.717) is 41.0 Å². The average molecular weight is 471 g/mol. The molecule has 0 radical (unpaired) electrons. The summed E-state index contributed by atoms with van der Waals surface area (Å²) in [4.78, 5) is 28.8. The molecule has 11 heteroatoms. The second-order valence-corrected chi connectivity index (χ2v) is 6.70. The highest BCUT2D eigenvalue weighted by molar-refractivity contribution is 5.97. The molecule has 0 atom stereocenters. The number of esters is 1. The van der Waals surface area contributed by atoms with E-state index in [1.165, 1.54) is 33.5 Å². The van der Waals surface area contributed by atoms with Crippen molar-refractivity contribution in [3.05, 3.63) is 47.9 Å². The molecule has 1 heterocycles. The van der Waals surface area contributed by atoms with Crippen LogP contribution < -0.4 is 24.3 Å². The molecule has 0 fully saturated rings. The minimum Gasteiger partial charge on any atom is -0.493 e. The van der Waals surface area contributed by atoms with E-state index in [9.17, 15) is 9.59 Å². The number of amides is 1. The van der Waals surface area contributed by atoms with Crippen LogP contribution in [-0.2, 0) is 16.1 Å². The lowest BCUT2D eigenvalue weighted by Gasteiger charge is -2.14. The summed E-state index contributed by atoms with van der Waals surface area (Å²) < 4.78 is 31.5. The van der Waals surface area contributed by atoms with Crippen molar-refractivity contribution in [1.82, 2.24) is 15.5 Å². The van der Waals surface area contributed by atoms with Gasteiger partial charge in [-0.05, 0) is 31.2 Å². The van der Waals surface area contributed by atoms with Gasteiger partial charge in [-0.1, -0.05) is 17.3 Å². The van der Waals surface area contributed by atoms with Crippen LogP contribution in [-0.4, -0.2) is 56.5 Å². The van der Waals surface area contributed by atoms with E-state index in [4.69, 9.17) is 28.2 Å². The van der Waals surface area contributed by atoms with Gasteiger partial charge in [0.2, 0.25) is 11.6 Å². The third kappa shape index (κ3) is 5.74. The summed E-state index contributed by atoms with van der Waals surface area (Å²) >= 11 is 0. The Morgan fingerprint density at radius 3 is 2.35 bits per heavy atom. The number of para-hydroxylation sites is 1. The van der Waals surface area contributed by atoms with Crippen LogP contribution >= 0.6 is 0 Å². The Hall–Kier alpha value is -4.28. The van der Waals surface area contributed by atoms with Crippen molar-refractivity contribution >= 4 is 11.9 Å². The molecule has 0 bridgehead atoms. The molecule has 3 aromatic rings. The number of carbonyl (C=O) groups is 2. The van der Waals surface area contributed by atoms with Crippen LogP contribution in [0.25, 0.3) is 11.4 Å². The molecule has 3 rings (SSSR count). The molecule has 0 saturated carbocycles. The van der Waals surface area contributed by atoms with Crippen molar-refractivity contribution < 1.29 is 37.8 Å². The van der Waals surface area contributed by atoms with Crippen molar-refractivity contribution in [1.29, 1.82) is 0 Å². The topological polar surface area (TPSA) is 131 Å². The van der Waals surface area contributed by atoms with E-state index >= 15 is 0 Å². The fraction of sp³-hybridized carbons (Fsp3) is 0.304. The molecule has 11 nitrogen and oxygen atoms in total. The predicted molar refractivity (Wildman–Crippen MR) is 119 cm³/mol. The van der Waals surface area contributed by atoms with Gasteiger partial charge in [-0.25, -0.2) is 0 Å². The van der Waals surface area contributed by atoms with Gasteiger partial charge < -0.3 is 33.5 Å². The van der Waals surface area contributed by atoms with Gasteiger partial charge >= 0.3 is 5.97 Å². The normalized spacial score (nSPS) is 10.4. The highest BCUT2D eigenvalue weighted by Gasteiger charge is 2.18. The third-order valence-electron chi connectivity index (χ3n) is 4.57. The third-order valence-corrected chi connectivity index (χ3v) is 4.57. The highest BCUT2D eigenvalue weighted by atomic mass is 16.6. The van der Waals surface area contributed by atoms with E-state index < -0.39 is 11.9 Å². The first kappa shape index (κ1) is 24.4. The molecule has 34 heavy (non-hydrogen) atoms. The van der Waals surface area contributed by atoms with Gasteiger partial charge in [-0.15, -0.1) is 0 Å². The van der Waals surface area contributed by atoms with Crippen LogP contribution in [0.2, 0.25) is 0 Å². The Labute approximate surface area is 195 Å². The summed E-state index contributed by atoms with van der Waals surface area (Å²) in [6.07, 6.45) is 0. The number of nitrogens with zero attached hydrogens (tertiary/aromatic N) is 2. The maximum absolute atomic E-state index is 12.5. The number of aromatic nitrogens is 2. The monoisotopic (exact) mass is 471 g/mol. The van der Waals surface area contributed by atoms with Crippen LogP contribution in [0, 0.1) is 0 Å². The number of rotatable bonds is 11. The minimum absolute atomic E-state index is 0.102. The zero-order chi connectivity index (χ0) is 24.5. The molecule has 1 aromatic heterocycles. The molecule has 0 saturated heterocycles. The Kier molecular flexibility index (Phi) is 8.27. The molecule has 0 aliphatic rings. The SMILES string of the molecule is CCOc1ccccc1-c1noc(COC(=O)CNC(=O)c2cc(OC)c(OC)c(OC)c2)n1. The van der Waals surface area contributed by atoms with Crippen LogP contribution in [0.3, 0.4) is 0 Å². The van der Waals surface area contributed by atoms with Crippen LogP contribution in [0.15, 0.2) is 40.9 Å². The zero-order valence-electron chi connectivity index (χ0n) is 19.2. The Morgan fingerprint density at radius 2 is 1.71 bits per heavy atom. The molecule has 0 spiro atoms. The van der Waals surface area contributed by atoms with E-state index in [1.807, 2.05) is 19.1 Å². The first-order valence-corrected chi connectivity index (χ1v) is 10.3. The van der Waals surface area contributed by atoms with Gasteiger partial charge in [-0.3, -0.25) is 9.59 Å². The lowest BCUT2D eigenvalue weighted by molar-refractivity contribution is -0.144. The number of carbonyl (C=O) groups excluding carboxylic acids is 2. The van der Waals surface area contributed by atoms with Gasteiger partial charge in [0, 0.05) is 5.56 Å². The molecule has 1 N–H and O–H groups in total. The van der Waals surface area contributed by atoms with E-state index in [1.54, 1.807) is 12.1 Å². The summed E-state index contributed by atoms with van der Waals surface area (Å²) in [7, 11) is 4.34. The molecular formula is C23H25N3O8. The fourth-order valence-corrected chi connectivity index (χ4v) is 3.02. The minimum atomic E-state index is -0.685. The average Bonchev–Trinajstić information content (AvgIpc) is 3.34. The van der Waals surface area contributed by atoms with Crippen LogP contribution in [0.5, 0.6) is 23.0 Å². The van der Waals surface area contributed by atoms with Gasteiger partial charge in [0.1, 0.15) is 12.3 Å². The van der Waals surface area contributed by atoms with Crippen LogP contribution in [0.4, 0.5) is 0 Å². The Balaban J connectivity index is 1.56. The molecule has 180 valence electrons. The summed E-state index contributed by atoms with van der Waals surface area (Å²) in [6, 6.07) is 10.2. The Morgan fingerprint density at radius 1 is 1.00 bits per heavy atom. The number of hydrogen-bond acceptors (Lipinski definition) is 10. The largest absolute Gasteiger partial charge is 0.493 e. The number of hydrogen-bond donors (Lipinski definition) is 1. The summed E-state index contributed by atoms with van der Waals surface area (Å²) in [6.45, 7) is 1.74. The second-order valence-electron chi connectivity index (χ2n) is 6.70. The van der Waals surface area contributed by atoms with Crippen LogP contribution in [0.1, 0.15) is 23.2 Å². The van der Waals surface area contributed by atoms with Gasteiger partial charge in [-0.2, -0.15) is 4.98 Å². The van der Waals surface area contributed by atoms with Gasteiger partial charge in [0.25, 0.3) is 11.8 Å². The quantitative estimate of drug-likeness (QED) is 0.416. The van der Waals surface area contributed by atoms with E-state index in [-0.39, 0.29) is 24.6 Å². The number of ether oxygens (including phenoxy) is 5. The Bertz CT molecular complexity index is 1120. The molecule has 0 unspecified atom stereocenters. The summed E-state index contributed by atoms with van der Waals surface area (Å²) in [5.74, 6) is 0.795. The van der Waals surface area contributed by atoms with Crippen molar-refractivity contribution in [2.45, 2.75) is 13.5 Å². The van der Waals surface area contributed by atoms with Gasteiger partial charge in [0.15, 0.2) is 18.1 Å². The number of benzene rings is 2. The standard InChI is InChI=1S/C23H25N3O8/c1-5-32-16-9-7-6-8-15(16)22-25-19(34-26-22)13-33-20(27)12-24-23(28)14-10-17(29-2)21(31-4)18(11-14)30-3/h6-11H,5,12-13H2,1-4H3,(H,24,28). The van der Waals surface area contributed by atoms with E-state index in [0.717, 1.165) is 0 Å². The molecule has 0 aliphatic carbocycles. The molecule has 0 aliphatic heterocycles. The summed E-state index contributed by atoms with van der Waals surface area (Å²) in [5, 5.41) is 6.39. The lowest BCUT2D eigenvalue weighted by atomic mass is 10.1. The van der Waals surface area contributed by atoms with Crippen molar-refractivity contribution in [3.63, 3.8) is 0 Å². The number of nitrogens with one attached hydrogen (secondary N) is 1. The lowest BCUT2D eigenvalue weighted by Crippen LogP contribution is -2.30. The highest BCUT2D eigenvalue weighted by Crippen LogP contribution is 2.38. The smallest absolute Gasteiger partial charge is 0.325 e. The molecule has 2 aromatic carbocycles. The van der Waals surface area contributed by atoms with Gasteiger partial charge in [0.05, 0.1) is 33.5 Å². The first-order valence-electron chi connectivity index (χ1n) is 10.3. The van der Waals surface area contributed by atoms with Crippen molar-refractivity contribution in [2.75, 3.05) is 34.5 Å². The summed E-state index contributed by atoms with van der Waals surface area (Å²) in [5.41, 5.74) is 0.875. The van der Waals surface area contributed by atoms with E-state index in [2.05, 4.69) is 15.5 Å². The van der Waals surface area contributed by atoms with Crippen molar-refractivity contribution in [3.8, 4) is 34.4 Å². The second kappa shape index (κ2) is 11.5. The first-order chi connectivity index (χ1) is 16.5.